The van der Waals surface area contributed by atoms with Gasteiger partial charge in [-0.3, -0.25) is 0 Å². The second-order valence-corrected chi connectivity index (χ2v) is 3.81. The largest absolute Gasteiger partial charge is 0.478 e. The summed E-state index contributed by atoms with van der Waals surface area (Å²) in [7, 11) is 0. The average Bonchev–Trinajstić information content (AvgIpc) is 2.34. The first-order valence-corrected chi connectivity index (χ1v) is 5.34. The van der Waals surface area contributed by atoms with Gasteiger partial charge in [0.05, 0.1) is 0 Å². The molecule has 0 aliphatic rings. The van der Waals surface area contributed by atoms with Crippen molar-refractivity contribution in [2.75, 3.05) is 0 Å². The Balaban J connectivity index is 2.39. The molecule has 0 aliphatic heterocycles. The number of carbonyl (C=O) groups is 1. The number of carboxylic acid groups (broad SMARTS) is 1. The third kappa shape index (κ3) is 2.48. The van der Waals surface area contributed by atoms with Crippen molar-refractivity contribution in [1.29, 1.82) is 0 Å². The molecule has 18 heavy (non-hydrogen) atoms. The number of hydrogen-bond donors (Lipinski definition) is 1. The zero-order valence-electron chi connectivity index (χ0n) is 9.68. The second-order valence-electron chi connectivity index (χ2n) is 3.81. The minimum atomic E-state index is -1.06. The van der Waals surface area contributed by atoms with E-state index in [-0.39, 0.29) is 17.1 Å². The molecule has 0 aliphatic carbocycles. The minimum Gasteiger partial charge on any atom is -0.478 e. The van der Waals surface area contributed by atoms with Crippen LogP contribution in [0.5, 0.6) is 11.5 Å². The van der Waals surface area contributed by atoms with Gasteiger partial charge in [-0.1, -0.05) is 12.1 Å². The normalized spacial score (nSPS) is 10.1. The summed E-state index contributed by atoms with van der Waals surface area (Å²) < 4.78 is 18.3. The maximum Gasteiger partial charge on any atom is 0.339 e. The fourth-order valence-electron chi connectivity index (χ4n) is 1.58. The zero-order chi connectivity index (χ0) is 13.1. The van der Waals surface area contributed by atoms with E-state index in [4.69, 9.17) is 9.84 Å². The Morgan fingerprint density at radius 3 is 2.44 bits per heavy atom. The van der Waals surface area contributed by atoms with Gasteiger partial charge in [0.2, 0.25) is 0 Å². The van der Waals surface area contributed by atoms with Crippen LogP contribution < -0.4 is 4.74 Å². The van der Waals surface area contributed by atoms with Crippen LogP contribution in [0.1, 0.15) is 15.9 Å². The van der Waals surface area contributed by atoms with E-state index in [2.05, 4.69) is 0 Å². The molecule has 0 spiro atoms. The molecular weight excluding hydrogens is 235 g/mol. The van der Waals surface area contributed by atoms with Gasteiger partial charge in [-0.25, -0.2) is 9.18 Å². The van der Waals surface area contributed by atoms with E-state index in [1.165, 1.54) is 30.3 Å². The highest BCUT2D eigenvalue weighted by molar-refractivity contribution is 5.91. The summed E-state index contributed by atoms with van der Waals surface area (Å²) in [6.45, 7) is 1.76. The van der Waals surface area contributed by atoms with Crippen LogP contribution in [0.4, 0.5) is 4.39 Å². The molecule has 0 radical (unpaired) electrons. The highest BCUT2D eigenvalue weighted by Gasteiger charge is 2.14. The lowest BCUT2D eigenvalue weighted by Gasteiger charge is -2.11. The monoisotopic (exact) mass is 246 g/mol. The van der Waals surface area contributed by atoms with Gasteiger partial charge in [-0.05, 0) is 42.8 Å². The fraction of sp³-hybridized carbons (Fsp3) is 0.0714. The molecule has 4 heteroatoms. The minimum absolute atomic E-state index is 0.0827. The highest BCUT2D eigenvalue weighted by atomic mass is 19.1. The van der Waals surface area contributed by atoms with Gasteiger partial charge < -0.3 is 9.84 Å². The Bertz CT molecular complexity index is 576. The van der Waals surface area contributed by atoms with E-state index in [1.54, 1.807) is 19.1 Å². The zero-order valence-corrected chi connectivity index (χ0v) is 9.68. The Kier molecular flexibility index (Phi) is 3.28. The molecule has 0 bridgehead atoms. The van der Waals surface area contributed by atoms with E-state index in [9.17, 15) is 9.18 Å². The van der Waals surface area contributed by atoms with E-state index in [0.717, 1.165) is 0 Å². The van der Waals surface area contributed by atoms with Crippen LogP contribution in [-0.2, 0) is 0 Å². The summed E-state index contributed by atoms with van der Waals surface area (Å²) in [6, 6.07) is 10.3. The van der Waals surface area contributed by atoms with Crippen LogP contribution in [0.3, 0.4) is 0 Å². The molecule has 0 atom stereocenters. The topological polar surface area (TPSA) is 46.5 Å². The number of hydrogen-bond acceptors (Lipinski definition) is 2. The maximum absolute atomic E-state index is 12.8. The summed E-state index contributed by atoms with van der Waals surface area (Å²) in [5.41, 5.74) is 0.790. The molecule has 0 unspecified atom stereocenters. The van der Waals surface area contributed by atoms with Crippen molar-refractivity contribution >= 4 is 5.97 Å². The Morgan fingerprint density at radius 2 is 1.83 bits per heavy atom. The third-order valence-electron chi connectivity index (χ3n) is 2.48. The van der Waals surface area contributed by atoms with Crippen LogP contribution in [-0.4, -0.2) is 11.1 Å². The van der Waals surface area contributed by atoms with E-state index in [0.29, 0.717) is 11.3 Å². The smallest absolute Gasteiger partial charge is 0.339 e. The molecule has 2 aromatic rings. The van der Waals surface area contributed by atoms with Gasteiger partial charge >= 0.3 is 5.97 Å². The number of para-hydroxylation sites is 1. The molecule has 0 amide bonds. The van der Waals surface area contributed by atoms with Crippen LogP contribution in [0.25, 0.3) is 0 Å². The standard InChI is InChI=1S/C14H11FO3/c1-9-3-2-4-12(14(16)17)13(9)18-11-7-5-10(15)6-8-11/h2-8H,1H3,(H,16,17). The number of benzene rings is 2. The van der Waals surface area contributed by atoms with Crippen molar-refractivity contribution < 1.29 is 19.0 Å². The lowest BCUT2D eigenvalue weighted by atomic mass is 10.1. The maximum atomic E-state index is 12.8. The second kappa shape index (κ2) is 4.87. The van der Waals surface area contributed by atoms with Gasteiger partial charge in [0.1, 0.15) is 22.9 Å². The van der Waals surface area contributed by atoms with Gasteiger partial charge in [0.25, 0.3) is 0 Å². The molecule has 3 nitrogen and oxygen atoms in total. The van der Waals surface area contributed by atoms with Gasteiger partial charge in [0, 0.05) is 0 Å². The summed E-state index contributed by atoms with van der Waals surface area (Å²) in [5, 5.41) is 9.07. The highest BCUT2D eigenvalue weighted by Crippen LogP contribution is 2.29. The van der Waals surface area contributed by atoms with Crippen molar-refractivity contribution in [3.8, 4) is 11.5 Å². The van der Waals surface area contributed by atoms with Crippen LogP contribution >= 0.6 is 0 Å². The van der Waals surface area contributed by atoms with E-state index < -0.39 is 5.97 Å². The number of carboxylic acids is 1. The van der Waals surface area contributed by atoms with Gasteiger partial charge in [0.15, 0.2) is 0 Å². The molecule has 92 valence electrons. The number of aromatic carboxylic acids is 1. The fourth-order valence-corrected chi connectivity index (χ4v) is 1.58. The number of ether oxygens (including phenoxy) is 1. The van der Waals surface area contributed by atoms with Crippen LogP contribution in [0.15, 0.2) is 42.5 Å². The summed E-state index contributed by atoms with van der Waals surface area (Å²) in [4.78, 5) is 11.1. The van der Waals surface area contributed by atoms with Crippen molar-refractivity contribution in [2.45, 2.75) is 6.92 Å². The lowest BCUT2D eigenvalue weighted by Crippen LogP contribution is -2.01. The third-order valence-corrected chi connectivity index (χ3v) is 2.48. The quantitative estimate of drug-likeness (QED) is 0.899. The first-order chi connectivity index (χ1) is 8.58. The predicted molar refractivity (Wildman–Crippen MR) is 64.6 cm³/mol. The van der Waals surface area contributed by atoms with Crippen molar-refractivity contribution in [1.82, 2.24) is 0 Å². The summed E-state index contributed by atoms with van der Waals surface area (Å²) in [5.74, 6) is -0.758. The van der Waals surface area contributed by atoms with Crippen LogP contribution in [0.2, 0.25) is 0 Å². The first kappa shape index (κ1) is 12.1. The molecular formula is C14H11FO3. The number of aryl methyl sites for hydroxylation is 1. The van der Waals surface area contributed by atoms with Gasteiger partial charge in [-0.15, -0.1) is 0 Å². The SMILES string of the molecule is Cc1cccc(C(=O)O)c1Oc1ccc(F)cc1. The molecule has 2 rings (SSSR count). The Morgan fingerprint density at radius 1 is 1.17 bits per heavy atom. The molecule has 1 N–H and O–H groups in total. The van der Waals surface area contributed by atoms with Crippen LogP contribution in [0, 0.1) is 12.7 Å². The lowest BCUT2D eigenvalue weighted by molar-refractivity contribution is 0.0694. The first-order valence-electron chi connectivity index (χ1n) is 5.34. The summed E-state index contributed by atoms with van der Waals surface area (Å²) in [6.07, 6.45) is 0. The molecule has 0 saturated carbocycles. The van der Waals surface area contributed by atoms with Crippen molar-refractivity contribution in [2.24, 2.45) is 0 Å². The molecule has 0 fully saturated rings. The number of halogens is 1. The van der Waals surface area contributed by atoms with E-state index in [1.807, 2.05) is 0 Å². The van der Waals surface area contributed by atoms with Gasteiger partial charge in [-0.2, -0.15) is 0 Å². The molecule has 0 heterocycles. The molecule has 0 saturated heterocycles. The number of rotatable bonds is 3. The Hall–Kier alpha value is -2.36. The Labute approximate surface area is 103 Å². The van der Waals surface area contributed by atoms with Crippen molar-refractivity contribution in [3.05, 3.63) is 59.4 Å². The molecule has 0 aromatic heterocycles. The van der Waals surface area contributed by atoms with E-state index >= 15 is 0 Å². The van der Waals surface area contributed by atoms with Crippen molar-refractivity contribution in [3.63, 3.8) is 0 Å². The summed E-state index contributed by atoms with van der Waals surface area (Å²) >= 11 is 0. The predicted octanol–water partition coefficient (Wildman–Crippen LogP) is 3.62. The molecule has 2 aromatic carbocycles. The average molecular weight is 246 g/mol.